The molecule has 0 atom stereocenters. The van der Waals surface area contributed by atoms with Crippen LogP contribution < -0.4 is 0 Å². The molecule has 0 spiro atoms. The third kappa shape index (κ3) is 5.81. The van der Waals surface area contributed by atoms with Crippen molar-refractivity contribution in [2.24, 2.45) is 9.98 Å². The fourth-order valence-corrected chi connectivity index (χ4v) is 1.94. The Morgan fingerprint density at radius 3 is 1.62 bits per heavy atom. The highest BCUT2D eigenvalue weighted by Crippen LogP contribution is 2.04. The maximum absolute atomic E-state index is 5.41. The maximum atomic E-state index is 5.41. The van der Waals surface area contributed by atoms with E-state index in [4.69, 9.17) is 8.83 Å². The second-order valence-corrected chi connectivity index (χ2v) is 5.03. The molecule has 0 fully saturated rings. The van der Waals surface area contributed by atoms with Crippen LogP contribution in [0.3, 0.4) is 0 Å². The van der Waals surface area contributed by atoms with Crippen LogP contribution in [0.25, 0.3) is 0 Å². The molecule has 112 valence electrons. The number of rotatable bonds is 8. The summed E-state index contributed by atoms with van der Waals surface area (Å²) >= 11 is 0. The van der Waals surface area contributed by atoms with Gasteiger partial charge in [0.25, 0.3) is 0 Å². The standard InChI is InChI=1S/C17H22N2O2/c1-14-6-8-16(20-14)12-18-10-4-3-5-11-19-13-17-9-7-15(2)21-17/h6-9,12-13H,3-5,10-11H2,1-2H3. The average Bonchev–Trinajstić information content (AvgIpc) is 3.06. The molecule has 0 amide bonds. The monoisotopic (exact) mass is 286 g/mol. The molecule has 0 aliphatic carbocycles. The smallest absolute Gasteiger partial charge is 0.144 e. The first-order valence-corrected chi connectivity index (χ1v) is 7.36. The lowest BCUT2D eigenvalue weighted by Crippen LogP contribution is -1.87. The lowest BCUT2D eigenvalue weighted by molar-refractivity contribution is 0.527. The zero-order valence-corrected chi connectivity index (χ0v) is 12.7. The van der Waals surface area contributed by atoms with Gasteiger partial charge in [-0.25, -0.2) is 0 Å². The van der Waals surface area contributed by atoms with Crippen molar-refractivity contribution < 1.29 is 8.83 Å². The molecule has 2 aromatic rings. The lowest BCUT2D eigenvalue weighted by atomic mass is 10.2. The van der Waals surface area contributed by atoms with Crippen LogP contribution in [0.5, 0.6) is 0 Å². The van der Waals surface area contributed by atoms with Crippen LogP contribution in [-0.2, 0) is 0 Å². The number of furan rings is 2. The molecule has 0 aliphatic rings. The lowest BCUT2D eigenvalue weighted by Gasteiger charge is -1.95. The molecule has 0 N–H and O–H groups in total. The maximum Gasteiger partial charge on any atom is 0.144 e. The molecule has 2 heterocycles. The summed E-state index contributed by atoms with van der Waals surface area (Å²) in [6, 6.07) is 7.76. The van der Waals surface area contributed by atoms with Crippen molar-refractivity contribution in [2.45, 2.75) is 33.1 Å². The molecule has 0 saturated heterocycles. The van der Waals surface area contributed by atoms with Gasteiger partial charge in [0, 0.05) is 13.1 Å². The predicted molar refractivity (Wildman–Crippen MR) is 85.7 cm³/mol. The molecule has 4 nitrogen and oxygen atoms in total. The summed E-state index contributed by atoms with van der Waals surface area (Å²) in [6.07, 6.45) is 6.87. The van der Waals surface area contributed by atoms with E-state index in [2.05, 4.69) is 9.98 Å². The first-order valence-electron chi connectivity index (χ1n) is 7.36. The van der Waals surface area contributed by atoms with Crippen molar-refractivity contribution >= 4 is 12.4 Å². The van der Waals surface area contributed by atoms with Gasteiger partial charge in [-0.3, -0.25) is 9.98 Å². The summed E-state index contributed by atoms with van der Waals surface area (Å²) in [6.45, 7) is 5.53. The Morgan fingerprint density at radius 2 is 1.24 bits per heavy atom. The van der Waals surface area contributed by atoms with Gasteiger partial charge in [0.05, 0.1) is 12.4 Å². The number of unbranched alkanes of at least 4 members (excludes halogenated alkanes) is 2. The van der Waals surface area contributed by atoms with Crippen LogP contribution in [0.4, 0.5) is 0 Å². The van der Waals surface area contributed by atoms with Crippen molar-refractivity contribution in [3.05, 3.63) is 47.3 Å². The van der Waals surface area contributed by atoms with Crippen LogP contribution in [-0.4, -0.2) is 25.5 Å². The number of aryl methyl sites for hydroxylation is 2. The Kier molecular flexibility index (Phi) is 6.00. The van der Waals surface area contributed by atoms with Crippen molar-refractivity contribution in [1.82, 2.24) is 0 Å². The Morgan fingerprint density at radius 1 is 0.762 bits per heavy atom. The Hall–Kier alpha value is -2.10. The van der Waals surface area contributed by atoms with Crippen LogP contribution in [0.2, 0.25) is 0 Å². The minimum absolute atomic E-state index is 0.825. The molecule has 0 radical (unpaired) electrons. The highest BCUT2D eigenvalue weighted by Gasteiger charge is 1.94. The van der Waals surface area contributed by atoms with Crippen molar-refractivity contribution in [2.75, 3.05) is 13.1 Å². The number of hydrogen-bond acceptors (Lipinski definition) is 4. The van der Waals surface area contributed by atoms with E-state index in [1.807, 2.05) is 38.1 Å². The summed E-state index contributed by atoms with van der Waals surface area (Å²) in [4.78, 5) is 8.70. The highest BCUT2D eigenvalue weighted by molar-refractivity contribution is 5.76. The molecule has 0 aliphatic heterocycles. The minimum Gasteiger partial charge on any atom is -0.460 e. The molecule has 2 rings (SSSR count). The molecule has 0 saturated carbocycles. The quantitative estimate of drug-likeness (QED) is 0.539. The van der Waals surface area contributed by atoms with E-state index in [0.29, 0.717) is 0 Å². The van der Waals surface area contributed by atoms with E-state index < -0.39 is 0 Å². The Balaban J connectivity index is 1.52. The SMILES string of the molecule is Cc1ccc(C=NCCCCCN=Cc2ccc(C)o2)o1. The molecule has 21 heavy (non-hydrogen) atoms. The fraction of sp³-hybridized carbons (Fsp3) is 0.412. The highest BCUT2D eigenvalue weighted by atomic mass is 16.3. The molecule has 0 unspecified atom stereocenters. The van der Waals surface area contributed by atoms with E-state index in [9.17, 15) is 0 Å². The molecule has 2 aromatic heterocycles. The first kappa shape index (κ1) is 15.3. The molecule has 4 heteroatoms. The van der Waals surface area contributed by atoms with E-state index in [0.717, 1.165) is 55.4 Å². The molecular weight excluding hydrogens is 264 g/mol. The summed E-state index contributed by atoms with van der Waals surface area (Å²) in [5.74, 6) is 3.49. The van der Waals surface area contributed by atoms with Gasteiger partial charge in [0.2, 0.25) is 0 Å². The zero-order valence-electron chi connectivity index (χ0n) is 12.7. The van der Waals surface area contributed by atoms with Gasteiger partial charge in [0.15, 0.2) is 0 Å². The predicted octanol–water partition coefficient (Wildman–Crippen LogP) is 4.20. The average molecular weight is 286 g/mol. The van der Waals surface area contributed by atoms with E-state index in [-0.39, 0.29) is 0 Å². The Bertz CT molecular complexity index is 541. The van der Waals surface area contributed by atoms with Gasteiger partial charge in [-0.05, 0) is 57.4 Å². The summed E-state index contributed by atoms with van der Waals surface area (Å²) < 4.78 is 10.8. The Labute approximate surface area is 125 Å². The molecule has 0 aromatic carbocycles. The normalized spacial score (nSPS) is 11.9. The fourth-order valence-electron chi connectivity index (χ4n) is 1.94. The van der Waals surface area contributed by atoms with Crippen molar-refractivity contribution in [3.63, 3.8) is 0 Å². The van der Waals surface area contributed by atoms with Crippen LogP contribution in [0, 0.1) is 13.8 Å². The summed E-state index contributed by atoms with van der Waals surface area (Å²) in [7, 11) is 0. The van der Waals surface area contributed by atoms with E-state index in [1.54, 1.807) is 12.4 Å². The molecule has 0 bridgehead atoms. The van der Waals surface area contributed by atoms with Crippen LogP contribution in [0.1, 0.15) is 42.3 Å². The van der Waals surface area contributed by atoms with Gasteiger partial charge < -0.3 is 8.83 Å². The molecular formula is C17H22N2O2. The van der Waals surface area contributed by atoms with Crippen molar-refractivity contribution in [1.29, 1.82) is 0 Å². The first-order chi connectivity index (χ1) is 10.2. The minimum atomic E-state index is 0.825. The van der Waals surface area contributed by atoms with Crippen molar-refractivity contribution in [3.8, 4) is 0 Å². The third-order valence-corrected chi connectivity index (χ3v) is 3.03. The van der Waals surface area contributed by atoms with Gasteiger partial charge >= 0.3 is 0 Å². The van der Waals surface area contributed by atoms with E-state index in [1.165, 1.54) is 0 Å². The summed E-state index contributed by atoms with van der Waals surface area (Å²) in [5, 5.41) is 0. The largest absolute Gasteiger partial charge is 0.460 e. The van der Waals surface area contributed by atoms with Gasteiger partial charge in [0.1, 0.15) is 23.0 Å². The zero-order chi connectivity index (χ0) is 14.9. The second-order valence-electron chi connectivity index (χ2n) is 5.03. The van der Waals surface area contributed by atoms with Crippen LogP contribution in [0.15, 0.2) is 43.1 Å². The number of hydrogen-bond donors (Lipinski definition) is 0. The van der Waals surface area contributed by atoms with Crippen LogP contribution >= 0.6 is 0 Å². The van der Waals surface area contributed by atoms with Gasteiger partial charge in [-0.1, -0.05) is 0 Å². The van der Waals surface area contributed by atoms with E-state index >= 15 is 0 Å². The topological polar surface area (TPSA) is 51.0 Å². The number of nitrogens with zero attached hydrogens (tertiary/aromatic N) is 2. The third-order valence-electron chi connectivity index (χ3n) is 3.03. The second kappa shape index (κ2) is 8.25. The summed E-state index contributed by atoms with van der Waals surface area (Å²) in [5.41, 5.74) is 0. The van der Waals surface area contributed by atoms with Gasteiger partial charge in [-0.2, -0.15) is 0 Å². The van der Waals surface area contributed by atoms with Gasteiger partial charge in [-0.15, -0.1) is 0 Å². The number of aliphatic imine (C=N–C) groups is 2.